The lowest BCUT2D eigenvalue weighted by molar-refractivity contribution is -0.385. The molecule has 0 fully saturated rings. The Balaban J connectivity index is 3.21. The quantitative estimate of drug-likeness (QED) is 0.660. The van der Waals surface area contributed by atoms with Gasteiger partial charge in [0.2, 0.25) is 0 Å². The number of ether oxygens (including phenoxy) is 1. The standard InChI is InChI=1S/C9H8F3NO4/c1-17-7-3-2-5(4-6(7)13(15)16)8(14)9(10,11)12/h2-4,8,14H,1H3/t8-/m1/s1. The van der Waals surface area contributed by atoms with Crippen molar-refractivity contribution in [3.63, 3.8) is 0 Å². The van der Waals surface area contributed by atoms with Crippen LogP contribution in [0.5, 0.6) is 5.75 Å². The van der Waals surface area contributed by atoms with Gasteiger partial charge in [-0.1, -0.05) is 6.07 Å². The van der Waals surface area contributed by atoms with Crippen molar-refractivity contribution >= 4 is 5.69 Å². The second kappa shape index (κ2) is 4.58. The summed E-state index contributed by atoms with van der Waals surface area (Å²) in [5.41, 5.74) is -1.24. The maximum atomic E-state index is 12.2. The van der Waals surface area contributed by atoms with Crippen molar-refractivity contribution < 1.29 is 27.9 Å². The van der Waals surface area contributed by atoms with Crippen LogP contribution in [0.15, 0.2) is 18.2 Å². The van der Waals surface area contributed by atoms with E-state index in [0.29, 0.717) is 6.07 Å². The Morgan fingerprint density at radius 3 is 2.47 bits per heavy atom. The second-order valence-corrected chi connectivity index (χ2v) is 3.13. The van der Waals surface area contributed by atoms with Crippen molar-refractivity contribution in [1.82, 2.24) is 0 Å². The van der Waals surface area contributed by atoms with Crippen molar-refractivity contribution in [2.75, 3.05) is 7.11 Å². The zero-order valence-electron chi connectivity index (χ0n) is 8.56. The summed E-state index contributed by atoms with van der Waals surface area (Å²) in [5, 5.41) is 19.5. The summed E-state index contributed by atoms with van der Waals surface area (Å²) in [7, 11) is 1.15. The number of rotatable bonds is 3. The fourth-order valence-electron chi connectivity index (χ4n) is 1.21. The van der Waals surface area contributed by atoms with E-state index in [0.717, 1.165) is 19.2 Å². The predicted octanol–water partition coefficient (Wildman–Crippen LogP) is 2.20. The molecule has 1 aromatic carbocycles. The molecule has 8 heteroatoms. The third-order valence-corrected chi connectivity index (χ3v) is 2.03. The summed E-state index contributed by atoms with van der Waals surface area (Å²) in [6, 6.07) is 2.56. The topological polar surface area (TPSA) is 72.6 Å². The van der Waals surface area contributed by atoms with Crippen LogP contribution >= 0.6 is 0 Å². The van der Waals surface area contributed by atoms with Crippen molar-refractivity contribution in [2.24, 2.45) is 0 Å². The highest BCUT2D eigenvalue weighted by Crippen LogP contribution is 2.36. The highest BCUT2D eigenvalue weighted by Gasteiger charge is 2.40. The number of aliphatic hydroxyl groups is 1. The van der Waals surface area contributed by atoms with Crippen LogP contribution < -0.4 is 4.74 Å². The minimum absolute atomic E-state index is 0.173. The average Bonchev–Trinajstić information content (AvgIpc) is 2.25. The largest absolute Gasteiger partial charge is 0.490 e. The van der Waals surface area contributed by atoms with Gasteiger partial charge >= 0.3 is 11.9 Å². The smallest absolute Gasteiger partial charge is 0.418 e. The Kier molecular flexibility index (Phi) is 3.56. The average molecular weight is 251 g/mol. The summed E-state index contributed by atoms with van der Waals surface area (Å²) in [4.78, 5) is 9.68. The molecule has 1 rings (SSSR count). The number of halogens is 3. The SMILES string of the molecule is COc1ccc([C@@H](O)C(F)(F)F)cc1[N+](=O)[O-]. The van der Waals surface area contributed by atoms with Gasteiger partial charge in [-0.25, -0.2) is 0 Å². The zero-order chi connectivity index (χ0) is 13.2. The van der Waals surface area contributed by atoms with E-state index in [1.54, 1.807) is 0 Å². The number of nitro benzene ring substituents is 1. The Morgan fingerprint density at radius 2 is 2.06 bits per heavy atom. The number of benzene rings is 1. The maximum Gasteiger partial charge on any atom is 0.418 e. The van der Waals surface area contributed by atoms with Gasteiger partial charge in [0.15, 0.2) is 11.9 Å². The lowest BCUT2D eigenvalue weighted by Gasteiger charge is -2.14. The molecular weight excluding hydrogens is 243 g/mol. The molecule has 17 heavy (non-hydrogen) atoms. The van der Waals surface area contributed by atoms with Crippen LogP contribution in [0.4, 0.5) is 18.9 Å². The first-order chi connectivity index (χ1) is 7.77. The molecule has 0 spiro atoms. The van der Waals surface area contributed by atoms with Crippen LogP contribution in [-0.4, -0.2) is 23.3 Å². The van der Waals surface area contributed by atoms with Crippen LogP contribution in [0, 0.1) is 10.1 Å². The van der Waals surface area contributed by atoms with E-state index in [-0.39, 0.29) is 5.75 Å². The van der Waals surface area contributed by atoms with E-state index >= 15 is 0 Å². The number of methoxy groups -OCH3 is 1. The third-order valence-electron chi connectivity index (χ3n) is 2.03. The molecule has 0 aliphatic rings. The van der Waals surface area contributed by atoms with Gasteiger partial charge in [-0.15, -0.1) is 0 Å². The van der Waals surface area contributed by atoms with Crippen LogP contribution in [0.2, 0.25) is 0 Å². The summed E-state index contributed by atoms with van der Waals surface area (Å²) in [6.45, 7) is 0. The van der Waals surface area contributed by atoms with Crippen molar-refractivity contribution in [1.29, 1.82) is 0 Å². The number of nitrogens with zero attached hydrogens (tertiary/aromatic N) is 1. The van der Waals surface area contributed by atoms with Crippen molar-refractivity contribution in [3.05, 3.63) is 33.9 Å². The molecule has 0 aromatic heterocycles. The Hall–Kier alpha value is -1.83. The zero-order valence-corrected chi connectivity index (χ0v) is 8.56. The molecule has 1 aromatic rings. The number of nitro groups is 1. The number of aliphatic hydroxyl groups excluding tert-OH is 1. The van der Waals surface area contributed by atoms with E-state index in [1.165, 1.54) is 0 Å². The predicted molar refractivity (Wildman–Crippen MR) is 50.7 cm³/mol. The first kappa shape index (κ1) is 13.2. The Morgan fingerprint density at radius 1 is 1.47 bits per heavy atom. The fourth-order valence-corrected chi connectivity index (χ4v) is 1.21. The van der Waals surface area contributed by atoms with Gasteiger partial charge in [-0.05, 0) is 11.6 Å². The molecule has 0 radical (unpaired) electrons. The van der Waals surface area contributed by atoms with Gasteiger partial charge in [0.05, 0.1) is 12.0 Å². The molecule has 1 atom stereocenters. The third kappa shape index (κ3) is 2.84. The molecule has 0 saturated carbocycles. The van der Waals surface area contributed by atoms with Gasteiger partial charge in [0, 0.05) is 6.07 Å². The summed E-state index contributed by atoms with van der Waals surface area (Å²) >= 11 is 0. The first-order valence-electron chi connectivity index (χ1n) is 4.34. The minimum atomic E-state index is -4.87. The maximum absolute atomic E-state index is 12.2. The van der Waals surface area contributed by atoms with E-state index in [1.807, 2.05) is 0 Å². The fraction of sp³-hybridized carbons (Fsp3) is 0.333. The molecular formula is C9H8F3NO4. The molecule has 0 heterocycles. The molecule has 94 valence electrons. The lowest BCUT2D eigenvalue weighted by Crippen LogP contribution is -2.20. The summed E-state index contributed by atoms with van der Waals surface area (Å²) < 4.78 is 41.2. The molecule has 1 N–H and O–H groups in total. The van der Waals surface area contributed by atoms with Crippen molar-refractivity contribution in [3.8, 4) is 5.75 Å². The molecule has 0 bridgehead atoms. The van der Waals surface area contributed by atoms with Crippen LogP contribution in [0.25, 0.3) is 0 Å². The first-order valence-corrected chi connectivity index (χ1v) is 4.34. The lowest BCUT2D eigenvalue weighted by atomic mass is 10.1. The van der Waals surface area contributed by atoms with Gasteiger partial charge in [0.25, 0.3) is 0 Å². The second-order valence-electron chi connectivity index (χ2n) is 3.13. The molecule has 0 saturated heterocycles. The molecule has 0 aliphatic carbocycles. The number of hydrogen-bond donors (Lipinski definition) is 1. The van der Waals surface area contributed by atoms with Crippen molar-refractivity contribution in [2.45, 2.75) is 12.3 Å². The number of alkyl halides is 3. The van der Waals surface area contributed by atoms with Crippen LogP contribution in [0.3, 0.4) is 0 Å². The highest BCUT2D eigenvalue weighted by atomic mass is 19.4. The van der Waals surface area contributed by atoms with E-state index in [4.69, 9.17) is 5.11 Å². The van der Waals surface area contributed by atoms with Gasteiger partial charge in [-0.2, -0.15) is 13.2 Å². The van der Waals surface area contributed by atoms with Gasteiger partial charge < -0.3 is 9.84 Å². The normalized spacial score (nSPS) is 13.2. The molecule has 0 unspecified atom stereocenters. The molecule has 5 nitrogen and oxygen atoms in total. The van der Waals surface area contributed by atoms with Gasteiger partial charge in [-0.3, -0.25) is 10.1 Å². The summed E-state index contributed by atoms with van der Waals surface area (Å²) in [5.74, 6) is -0.173. The Labute approximate surface area is 93.6 Å². The monoisotopic (exact) mass is 251 g/mol. The highest BCUT2D eigenvalue weighted by molar-refractivity contribution is 5.49. The van der Waals surface area contributed by atoms with E-state index < -0.39 is 28.5 Å². The van der Waals surface area contributed by atoms with E-state index in [9.17, 15) is 23.3 Å². The molecule has 0 amide bonds. The molecule has 0 aliphatic heterocycles. The van der Waals surface area contributed by atoms with Crippen LogP contribution in [0.1, 0.15) is 11.7 Å². The Bertz CT molecular complexity index is 433. The van der Waals surface area contributed by atoms with Gasteiger partial charge in [0.1, 0.15) is 0 Å². The van der Waals surface area contributed by atoms with Crippen LogP contribution in [-0.2, 0) is 0 Å². The number of hydrogen-bond acceptors (Lipinski definition) is 4. The minimum Gasteiger partial charge on any atom is -0.490 e. The van der Waals surface area contributed by atoms with E-state index in [2.05, 4.69) is 4.74 Å². The summed E-state index contributed by atoms with van der Waals surface area (Å²) in [6.07, 6.45) is -7.63.